The lowest BCUT2D eigenvalue weighted by Crippen LogP contribution is -2.77. The van der Waals surface area contributed by atoms with Gasteiger partial charge in [0.2, 0.25) is 11.7 Å². The molecule has 2 aromatic heterocycles. The van der Waals surface area contributed by atoms with Crippen LogP contribution < -0.4 is 14.8 Å². The highest BCUT2D eigenvalue weighted by Gasteiger charge is 2.72. The van der Waals surface area contributed by atoms with Crippen LogP contribution in [0.5, 0.6) is 11.5 Å². The third kappa shape index (κ3) is 4.96. The molecule has 1 N–H and O–H groups in total. The molecule has 8 nitrogen and oxygen atoms in total. The Morgan fingerprint density at radius 3 is 2.62 bits per heavy atom. The van der Waals surface area contributed by atoms with Gasteiger partial charge in [0.25, 0.3) is 11.8 Å². The minimum absolute atomic E-state index is 0.0570. The van der Waals surface area contributed by atoms with E-state index in [0.717, 1.165) is 6.20 Å². The molecule has 2 bridgehead atoms. The molecule has 3 aromatic rings. The number of hydrogen-bond acceptors (Lipinski definition) is 7. The maximum Gasteiger partial charge on any atom is 0.288 e. The number of alkyl halides is 2. The highest BCUT2D eigenvalue weighted by Crippen LogP contribution is 2.67. The molecule has 12 heteroatoms. The van der Waals surface area contributed by atoms with Gasteiger partial charge in [-0.15, -0.1) is 0 Å². The number of carbonyl (C=O) groups is 1. The lowest BCUT2D eigenvalue weighted by atomic mass is 9.39. The Bertz CT molecular complexity index is 1320. The molecule has 1 amide bonds. The zero-order valence-electron chi connectivity index (χ0n) is 20.1. The molecule has 196 valence electrons. The van der Waals surface area contributed by atoms with Crippen molar-refractivity contribution < 1.29 is 32.0 Å². The molecule has 3 aliphatic rings. The number of amides is 1. The number of ether oxygens (including phenoxy) is 2. The molecule has 3 saturated carbocycles. The number of pyridine rings is 1. The van der Waals surface area contributed by atoms with Gasteiger partial charge in [-0.1, -0.05) is 29.7 Å². The van der Waals surface area contributed by atoms with Crippen LogP contribution in [0.15, 0.2) is 35.0 Å². The van der Waals surface area contributed by atoms with Crippen molar-refractivity contribution in [2.24, 2.45) is 0 Å². The van der Waals surface area contributed by atoms with Gasteiger partial charge < -0.3 is 19.3 Å². The second-order valence-electron chi connectivity index (χ2n) is 9.73. The Kier molecular flexibility index (Phi) is 6.29. The zero-order chi connectivity index (χ0) is 26.4. The average molecular weight is 537 g/mol. The van der Waals surface area contributed by atoms with E-state index in [-0.39, 0.29) is 52.5 Å². The number of aromatic nitrogens is 3. The van der Waals surface area contributed by atoms with Crippen LogP contribution in [0.2, 0.25) is 5.02 Å². The quantitative estimate of drug-likeness (QED) is 0.394. The lowest BCUT2D eigenvalue weighted by molar-refractivity contribution is -0.143. The average Bonchev–Trinajstić information content (AvgIpc) is 3.25. The van der Waals surface area contributed by atoms with Crippen LogP contribution >= 0.6 is 11.6 Å². The number of aryl methyl sites for hydroxylation is 1. The van der Waals surface area contributed by atoms with Gasteiger partial charge in [0.15, 0.2) is 13.2 Å². The van der Waals surface area contributed by atoms with Gasteiger partial charge in [-0.2, -0.15) is 13.8 Å². The van der Waals surface area contributed by atoms with Crippen molar-refractivity contribution in [3.05, 3.63) is 64.3 Å². The fourth-order valence-corrected chi connectivity index (χ4v) is 5.35. The van der Waals surface area contributed by atoms with Crippen LogP contribution in [0.3, 0.4) is 0 Å². The van der Waals surface area contributed by atoms with Crippen LogP contribution in [-0.4, -0.2) is 33.2 Å². The second kappa shape index (κ2) is 9.20. The van der Waals surface area contributed by atoms with E-state index >= 15 is 0 Å². The lowest BCUT2D eigenvalue weighted by Gasteiger charge is -2.68. The van der Waals surface area contributed by atoms with Crippen molar-refractivity contribution in [1.29, 1.82) is 0 Å². The van der Waals surface area contributed by atoms with Crippen molar-refractivity contribution >= 4 is 17.5 Å². The van der Waals surface area contributed by atoms with Crippen LogP contribution in [0.4, 0.5) is 13.2 Å². The van der Waals surface area contributed by atoms with E-state index in [1.807, 2.05) is 6.92 Å². The summed E-state index contributed by atoms with van der Waals surface area (Å²) in [7, 11) is 0. The van der Waals surface area contributed by atoms with Gasteiger partial charge in [-0.25, -0.2) is 9.37 Å². The monoisotopic (exact) mass is 536 g/mol. The van der Waals surface area contributed by atoms with Gasteiger partial charge in [-0.3, -0.25) is 4.79 Å². The maximum atomic E-state index is 13.9. The first-order chi connectivity index (χ1) is 17.5. The molecule has 0 atom stereocenters. The summed E-state index contributed by atoms with van der Waals surface area (Å²) in [5.74, 6) is -2.56. The molecule has 3 fully saturated rings. The minimum atomic E-state index is -3.16. The summed E-state index contributed by atoms with van der Waals surface area (Å²) in [6.07, 6.45) is 3.70. The molecule has 0 unspecified atom stereocenters. The Balaban J connectivity index is 1.09. The summed E-state index contributed by atoms with van der Waals surface area (Å²) < 4.78 is 57.1. The van der Waals surface area contributed by atoms with E-state index in [2.05, 4.69) is 20.4 Å². The molecule has 0 saturated heterocycles. The van der Waals surface area contributed by atoms with E-state index in [1.54, 1.807) is 12.1 Å². The summed E-state index contributed by atoms with van der Waals surface area (Å²) in [5, 5.41) is 6.71. The predicted molar refractivity (Wildman–Crippen MR) is 125 cm³/mol. The number of carbonyl (C=O) groups excluding carboxylic acids is 1. The Labute approximate surface area is 215 Å². The van der Waals surface area contributed by atoms with Gasteiger partial charge in [0.05, 0.1) is 16.6 Å². The summed E-state index contributed by atoms with van der Waals surface area (Å²) in [6, 6.07) is 5.83. The van der Waals surface area contributed by atoms with E-state index < -0.39 is 11.6 Å². The number of hydrogen-bond donors (Lipinski definition) is 1. The van der Waals surface area contributed by atoms with Crippen molar-refractivity contribution in [2.45, 2.75) is 63.0 Å². The third-order valence-corrected chi connectivity index (χ3v) is 7.02. The fourth-order valence-electron chi connectivity index (χ4n) is 5.03. The van der Waals surface area contributed by atoms with Crippen LogP contribution in [0, 0.1) is 5.82 Å². The minimum Gasteiger partial charge on any atom is -0.484 e. The first-order valence-corrected chi connectivity index (χ1v) is 12.1. The summed E-state index contributed by atoms with van der Waals surface area (Å²) in [4.78, 5) is 20.4. The maximum absolute atomic E-state index is 13.9. The second-order valence-corrected chi connectivity index (χ2v) is 10.1. The molecular weight excluding hydrogens is 513 g/mol. The Morgan fingerprint density at radius 2 is 1.97 bits per heavy atom. The molecular formula is C25H24ClF3N4O4. The Morgan fingerprint density at radius 1 is 1.22 bits per heavy atom. The van der Waals surface area contributed by atoms with Gasteiger partial charge in [0, 0.05) is 24.6 Å². The Hall–Kier alpha value is -3.34. The van der Waals surface area contributed by atoms with Crippen LogP contribution in [0.25, 0.3) is 0 Å². The number of nitrogens with zero attached hydrogens (tertiary/aromatic N) is 3. The summed E-state index contributed by atoms with van der Waals surface area (Å²) >= 11 is 5.88. The SMILES string of the molecule is CCc1ccc(OCC(=O)NC23CC(c4nc(COc5cnc(C(C)(F)F)c(Cl)c5)no4)(C2)C3)cc1F. The third-order valence-electron chi connectivity index (χ3n) is 6.73. The molecule has 0 spiro atoms. The number of halogens is 4. The fraction of sp³-hybridized carbons (Fsp3) is 0.440. The van der Waals surface area contributed by atoms with E-state index in [0.29, 0.717) is 49.8 Å². The molecule has 3 aliphatic carbocycles. The molecule has 37 heavy (non-hydrogen) atoms. The largest absolute Gasteiger partial charge is 0.484 e. The first-order valence-electron chi connectivity index (χ1n) is 11.7. The van der Waals surface area contributed by atoms with Crippen molar-refractivity contribution in [1.82, 2.24) is 20.4 Å². The molecule has 1 aromatic carbocycles. The zero-order valence-corrected chi connectivity index (χ0v) is 20.9. The molecule has 0 aliphatic heterocycles. The summed E-state index contributed by atoms with van der Waals surface area (Å²) in [5.41, 5.74) is -0.572. The molecule has 0 radical (unpaired) electrons. The number of benzene rings is 1. The van der Waals surface area contributed by atoms with Crippen LogP contribution in [0.1, 0.15) is 56.1 Å². The van der Waals surface area contributed by atoms with Gasteiger partial charge in [-0.05, 0) is 37.3 Å². The standard InChI is InChI=1S/C25H24ClF3N4O4/c1-3-14-4-5-15(7-18(14)27)36-10-20(34)32-25-11-24(12-25,13-25)22-31-19(33-37-22)9-35-16-6-17(26)21(30-8-16)23(2,28)29/h4-8H,3,9-13H2,1-2H3,(H,32,34). The van der Waals surface area contributed by atoms with Crippen LogP contribution in [-0.2, 0) is 29.2 Å². The van der Waals surface area contributed by atoms with E-state index in [1.165, 1.54) is 12.1 Å². The number of rotatable bonds is 10. The van der Waals surface area contributed by atoms with Crippen molar-refractivity contribution in [2.75, 3.05) is 6.61 Å². The van der Waals surface area contributed by atoms with Gasteiger partial charge in [0.1, 0.15) is 23.0 Å². The summed E-state index contributed by atoms with van der Waals surface area (Å²) in [6.45, 7) is 2.31. The van der Waals surface area contributed by atoms with Crippen molar-refractivity contribution in [3.63, 3.8) is 0 Å². The topological polar surface area (TPSA) is 99.4 Å². The highest BCUT2D eigenvalue weighted by molar-refractivity contribution is 6.31. The van der Waals surface area contributed by atoms with E-state index in [4.69, 9.17) is 25.6 Å². The first kappa shape index (κ1) is 25.3. The molecule has 6 rings (SSSR count). The number of nitrogens with one attached hydrogen (secondary N) is 1. The normalized spacial score (nSPS) is 22.1. The van der Waals surface area contributed by atoms with E-state index in [9.17, 15) is 18.0 Å². The predicted octanol–water partition coefficient (Wildman–Crippen LogP) is 4.88. The molecule has 2 heterocycles. The highest BCUT2D eigenvalue weighted by atomic mass is 35.5. The van der Waals surface area contributed by atoms with Gasteiger partial charge >= 0.3 is 0 Å². The smallest absolute Gasteiger partial charge is 0.288 e. The van der Waals surface area contributed by atoms with Crippen molar-refractivity contribution in [3.8, 4) is 11.5 Å².